The van der Waals surface area contributed by atoms with E-state index < -0.39 is 34.6 Å². The van der Waals surface area contributed by atoms with E-state index in [0.29, 0.717) is 11.3 Å². The summed E-state index contributed by atoms with van der Waals surface area (Å²) in [6.45, 7) is 0. The lowest BCUT2D eigenvalue weighted by atomic mass is 9.97. The third kappa shape index (κ3) is 3.24. The fraction of sp³-hybridized carbons (Fsp3) is 0. The molecule has 0 spiro atoms. The van der Waals surface area contributed by atoms with Crippen molar-refractivity contribution >= 4 is 0 Å². The van der Waals surface area contributed by atoms with Crippen molar-refractivity contribution in [1.29, 1.82) is 0 Å². The molecule has 2 nitrogen and oxygen atoms in total. The smallest absolute Gasteiger partial charge is 0.200 e. The van der Waals surface area contributed by atoms with E-state index in [-0.39, 0.29) is 17.0 Å². The Morgan fingerprint density at radius 3 is 1.79 bits per heavy atom. The van der Waals surface area contributed by atoms with Crippen LogP contribution in [0.4, 0.5) is 22.0 Å². The number of hydrogen-bond donors (Lipinski definition) is 0. The Kier molecular flexibility index (Phi) is 4.80. The highest BCUT2D eigenvalue weighted by Gasteiger charge is 2.29. The Morgan fingerprint density at radius 2 is 1.17 bits per heavy atom. The van der Waals surface area contributed by atoms with Crippen LogP contribution in [-0.4, -0.2) is 9.97 Å². The molecule has 0 bridgehead atoms. The molecule has 0 amide bonds. The summed E-state index contributed by atoms with van der Waals surface area (Å²) < 4.78 is 70.3. The minimum Gasteiger partial charge on any atom is -0.255 e. The van der Waals surface area contributed by atoms with Gasteiger partial charge in [0.25, 0.3) is 0 Å². The highest BCUT2D eigenvalue weighted by Crippen LogP contribution is 2.37. The van der Waals surface area contributed by atoms with Gasteiger partial charge in [0, 0.05) is 11.8 Å². The van der Waals surface area contributed by atoms with Crippen LogP contribution >= 0.6 is 0 Å². The summed E-state index contributed by atoms with van der Waals surface area (Å²) in [5.41, 5.74) is -0.119. The Balaban J connectivity index is 2.06. The highest BCUT2D eigenvalue weighted by atomic mass is 19.2. The molecule has 29 heavy (non-hydrogen) atoms. The monoisotopic (exact) mass is 398 g/mol. The molecule has 0 aliphatic heterocycles. The van der Waals surface area contributed by atoms with Gasteiger partial charge < -0.3 is 0 Å². The van der Waals surface area contributed by atoms with Crippen LogP contribution in [0, 0.1) is 29.1 Å². The lowest BCUT2D eigenvalue weighted by molar-refractivity contribution is 0.381. The molecule has 0 saturated carbocycles. The summed E-state index contributed by atoms with van der Waals surface area (Å²) >= 11 is 0. The molecule has 0 saturated heterocycles. The van der Waals surface area contributed by atoms with E-state index in [1.807, 2.05) is 0 Å². The van der Waals surface area contributed by atoms with Crippen LogP contribution < -0.4 is 0 Å². The maximum atomic E-state index is 14.5. The van der Waals surface area contributed by atoms with Crippen LogP contribution in [0.5, 0.6) is 0 Å². The van der Waals surface area contributed by atoms with Crippen molar-refractivity contribution < 1.29 is 22.0 Å². The first-order valence-electron chi connectivity index (χ1n) is 8.48. The molecule has 2 aromatic carbocycles. The van der Waals surface area contributed by atoms with E-state index in [9.17, 15) is 22.0 Å². The van der Waals surface area contributed by atoms with Gasteiger partial charge in [-0.15, -0.1) is 0 Å². The second-order valence-electron chi connectivity index (χ2n) is 6.12. The Morgan fingerprint density at radius 1 is 0.552 bits per heavy atom. The van der Waals surface area contributed by atoms with Crippen molar-refractivity contribution in [3.63, 3.8) is 0 Å². The van der Waals surface area contributed by atoms with E-state index >= 15 is 0 Å². The van der Waals surface area contributed by atoms with Crippen molar-refractivity contribution in [2.75, 3.05) is 0 Å². The van der Waals surface area contributed by atoms with Crippen LogP contribution in [-0.2, 0) is 0 Å². The van der Waals surface area contributed by atoms with Crippen LogP contribution in [0.2, 0.25) is 0 Å². The van der Waals surface area contributed by atoms with E-state index in [0.717, 1.165) is 0 Å². The predicted octanol–water partition coefficient (Wildman–Crippen LogP) is 6.17. The third-order valence-corrected chi connectivity index (χ3v) is 4.35. The van der Waals surface area contributed by atoms with Crippen LogP contribution in [0.15, 0.2) is 66.9 Å². The van der Waals surface area contributed by atoms with Crippen molar-refractivity contribution in [3.05, 3.63) is 95.9 Å². The van der Waals surface area contributed by atoms with Crippen LogP contribution in [0.1, 0.15) is 0 Å². The van der Waals surface area contributed by atoms with E-state index in [4.69, 9.17) is 0 Å². The molecule has 0 atom stereocenters. The number of nitrogens with zero attached hydrogens (tertiary/aromatic N) is 2. The summed E-state index contributed by atoms with van der Waals surface area (Å²) in [4.78, 5) is 8.35. The highest BCUT2D eigenvalue weighted by molar-refractivity contribution is 5.83. The zero-order valence-electron chi connectivity index (χ0n) is 14.6. The third-order valence-electron chi connectivity index (χ3n) is 4.35. The first kappa shape index (κ1) is 18.7. The van der Waals surface area contributed by atoms with Crippen LogP contribution in [0.25, 0.3) is 33.8 Å². The normalized spacial score (nSPS) is 10.9. The van der Waals surface area contributed by atoms with Gasteiger partial charge in [-0.1, -0.05) is 36.4 Å². The lowest BCUT2D eigenvalue weighted by Crippen LogP contribution is -2.06. The van der Waals surface area contributed by atoms with Gasteiger partial charge in [0.15, 0.2) is 23.3 Å². The minimum absolute atomic E-state index is 0.216. The van der Waals surface area contributed by atoms with Crippen molar-refractivity contribution in [3.8, 4) is 33.8 Å². The van der Waals surface area contributed by atoms with Crippen molar-refractivity contribution in [1.82, 2.24) is 9.97 Å². The van der Waals surface area contributed by atoms with Crippen LogP contribution in [0.3, 0.4) is 0 Å². The lowest BCUT2D eigenvalue weighted by Gasteiger charge is -2.14. The number of benzene rings is 2. The van der Waals surface area contributed by atoms with Gasteiger partial charge in [0.1, 0.15) is 0 Å². The molecule has 2 heterocycles. The van der Waals surface area contributed by atoms with Gasteiger partial charge in [-0.25, -0.2) is 26.9 Å². The van der Waals surface area contributed by atoms with Gasteiger partial charge in [-0.05, 0) is 29.8 Å². The number of aromatic nitrogens is 2. The fourth-order valence-corrected chi connectivity index (χ4v) is 2.97. The molecule has 0 fully saturated rings. The molecule has 2 aromatic heterocycles. The Bertz CT molecular complexity index is 1170. The summed E-state index contributed by atoms with van der Waals surface area (Å²) in [5.74, 6) is -10.1. The van der Waals surface area contributed by atoms with Gasteiger partial charge in [0.05, 0.1) is 22.6 Å². The average Bonchev–Trinajstić information content (AvgIpc) is 2.77. The molecule has 144 valence electrons. The molecule has 7 heteroatoms. The van der Waals surface area contributed by atoms with Gasteiger partial charge in [-0.2, -0.15) is 0 Å². The zero-order chi connectivity index (χ0) is 20.5. The SMILES string of the molecule is Fc1c(F)c(F)c(-c2nc(-c3ccccn3)ccc2-c2ccccc2)c(F)c1F. The fourth-order valence-electron chi connectivity index (χ4n) is 2.97. The number of halogens is 5. The zero-order valence-corrected chi connectivity index (χ0v) is 14.6. The number of rotatable bonds is 3. The molecule has 4 rings (SSSR count). The summed E-state index contributed by atoms with van der Waals surface area (Å²) in [5, 5.41) is 0. The van der Waals surface area contributed by atoms with Crippen molar-refractivity contribution in [2.24, 2.45) is 0 Å². The quantitative estimate of drug-likeness (QED) is 0.234. The molecule has 0 aliphatic rings. The van der Waals surface area contributed by atoms with E-state index in [1.165, 1.54) is 12.3 Å². The van der Waals surface area contributed by atoms with Gasteiger partial charge in [0.2, 0.25) is 5.82 Å². The maximum absolute atomic E-state index is 14.5. The molecule has 0 radical (unpaired) electrons. The summed E-state index contributed by atoms with van der Waals surface area (Å²) in [6, 6.07) is 16.5. The predicted molar refractivity (Wildman–Crippen MR) is 98.1 cm³/mol. The number of pyridine rings is 2. The maximum Gasteiger partial charge on any atom is 0.200 e. The topological polar surface area (TPSA) is 25.8 Å². The van der Waals surface area contributed by atoms with Gasteiger partial charge >= 0.3 is 0 Å². The standard InChI is InChI=1S/C22H11F5N2/c23-17-16(18(24)20(26)21(27)19(17)25)22-13(12-6-2-1-3-7-12)9-10-15(29-22)14-8-4-5-11-28-14/h1-11H. The molecule has 0 N–H and O–H groups in total. The van der Waals surface area contributed by atoms with Gasteiger partial charge in [-0.3, -0.25) is 4.98 Å². The van der Waals surface area contributed by atoms with E-state index in [1.54, 1.807) is 54.6 Å². The molecule has 0 aliphatic carbocycles. The molecular formula is C22H11F5N2. The second-order valence-corrected chi connectivity index (χ2v) is 6.12. The average molecular weight is 398 g/mol. The molecular weight excluding hydrogens is 387 g/mol. The second kappa shape index (κ2) is 7.43. The number of hydrogen-bond acceptors (Lipinski definition) is 2. The minimum atomic E-state index is -2.22. The Labute approximate surface area is 162 Å². The molecule has 0 unspecified atom stereocenters. The first-order chi connectivity index (χ1) is 14.0. The Hall–Kier alpha value is -3.61. The summed E-state index contributed by atoms with van der Waals surface area (Å²) in [6.07, 6.45) is 1.50. The first-order valence-corrected chi connectivity index (χ1v) is 8.48. The summed E-state index contributed by atoms with van der Waals surface area (Å²) in [7, 11) is 0. The van der Waals surface area contributed by atoms with Crippen molar-refractivity contribution in [2.45, 2.75) is 0 Å². The molecule has 4 aromatic rings. The largest absolute Gasteiger partial charge is 0.255 e. The van der Waals surface area contributed by atoms with E-state index in [2.05, 4.69) is 9.97 Å².